The van der Waals surface area contributed by atoms with E-state index in [1.807, 2.05) is 51.4 Å². The van der Waals surface area contributed by atoms with E-state index in [9.17, 15) is 0 Å². The molecule has 0 amide bonds. The Balaban J connectivity index is 2.59. The van der Waals surface area contributed by atoms with Crippen LogP contribution in [0.1, 0.15) is 22.7 Å². The van der Waals surface area contributed by atoms with Crippen LogP contribution >= 0.6 is 23.2 Å². The highest BCUT2D eigenvalue weighted by Gasteiger charge is 2.21. The molecular weight excluding hydrogens is 277 g/mol. The Morgan fingerprint density at radius 1 is 0.842 bits per heavy atom. The lowest BCUT2D eigenvalue weighted by Gasteiger charge is -2.27. The van der Waals surface area contributed by atoms with Crippen LogP contribution in [0.3, 0.4) is 0 Å². The third-order valence-corrected chi connectivity index (χ3v) is 4.07. The summed E-state index contributed by atoms with van der Waals surface area (Å²) in [6.45, 7) is 2.05. The normalized spacial score (nSPS) is 12.7. The predicted octanol–water partition coefficient (Wildman–Crippen LogP) is 4.95. The lowest BCUT2D eigenvalue weighted by Crippen LogP contribution is -2.22. The highest BCUT2D eigenvalue weighted by molar-refractivity contribution is 6.32. The summed E-state index contributed by atoms with van der Waals surface area (Å²) in [4.78, 5) is 2.15. The summed E-state index contributed by atoms with van der Waals surface area (Å²) in [5.74, 6) is 0. The second-order valence-electron chi connectivity index (χ2n) is 4.84. The molecule has 1 unspecified atom stereocenters. The molecular formula is C16H17Cl2N. The van der Waals surface area contributed by atoms with E-state index in [1.54, 1.807) is 0 Å². The van der Waals surface area contributed by atoms with Crippen LogP contribution in [0.4, 0.5) is 0 Å². The monoisotopic (exact) mass is 293 g/mol. The van der Waals surface area contributed by atoms with Gasteiger partial charge in [0.1, 0.15) is 0 Å². The maximum absolute atomic E-state index is 6.35. The second-order valence-corrected chi connectivity index (χ2v) is 5.66. The number of hydrogen-bond donors (Lipinski definition) is 0. The number of nitrogens with zero attached hydrogens (tertiary/aromatic N) is 1. The second kappa shape index (κ2) is 5.96. The zero-order valence-corrected chi connectivity index (χ0v) is 12.8. The molecule has 1 nitrogen and oxygen atoms in total. The van der Waals surface area contributed by atoms with Crippen molar-refractivity contribution in [1.29, 1.82) is 0 Å². The lowest BCUT2D eigenvalue weighted by atomic mass is 9.94. The molecule has 2 rings (SSSR count). The molecule has 1 atom stereocenters. The van der Waals surface area contributed by atoms with E-state index in [0.29, 0.717) is 0 Å². The minimum Gasteiger partial charge on any atom is -0.298 e. The van der Waals surface area contributed by atoms with Crippen LogP contribution in [-0.2, 0) is 0 Å². The highest BCUT2D eigenvalue weighted by atomic mass is 35.5. The fraction of sp³-hybridized carbons (Fsp3) is 0.250. The third-order valence-electron chi connectivity index (χ3n) is 3.32. The quantitative estimate of drug-likeness (QED) is 0.774. The van der Waals surface area contributed by atoms with Crippen molar-refractivity contribution in [3.05, 3.63) is 69.2 Å². The molecule has 2 aromatic carbocycles. The summed E-state index contributed by atoms with van der Waals surface area (Å²) in [6, 6.07) is 14.1. The molecule has 3 heteroatoms. The van der Waals surface area contributed by atoms with E-state index in [0.717, 1.165) is 21.2 Å². The van der Waals surface area contributed by atoms with Crippen LogP contribution in [0.5, 0.6) is 0 Å². The molecule has 0 heterocycles. The van der Waals surface area contributed by atoms with Crippen LogP contribution in [0.25, 0.3) is 0 Å². The van der Waals surface area contributed by atoms with Gasteiger partial charge < -0.3 is 0 Å². The highest BCUT2D eigenvalue weighted by Crippen LogP contribution is 2.35. The minimum absolute atomic E-state index is 0.104. The average molecular weight is 294 g/mol. The molecule has 0 aromatic heterocycles. The Bertz CT molecular complexity index is 579. The first-order valence-corrected chi connectivity index (χ1v) is 6.94. The zero-order chi connectivity index (χ0) is 14.0. The summed E-state index contributed by atoms with van der Waals surface area (Å²) in [5, 5.41) is 1.57. The Kier molecular flexibility index (Phi) is 4.51. The largest absolute Gasteiger partial charge is 0.298 e. The van der Waals surface area contributed by atoms with Crippen molar-refractivity contribution in [2.75, 3.05) is 14.1 Å². The molecule has 0 saturated heterocycles. The SMILES string of the molecule is Cc1c(Cl)cccc1C(c1ccccc1Cl)N(C)C. The molecule has 2 aromatic rings. The van der Waals surface area contributed by atoms with E-state index < -0.39 is 0 Å². The van der Waals surface area contributed by atoms with Crippen molar-refractivity contribution in [2.24, 2.45) is 0 Å². The van der Waals surface area contributed by atoms with Gasteiger partial charge in [-0.3, -0.25) is 4.90 Å². The standard InChI is InChI=1S/C16H17Cl2N/c1-11-12(8-6-10-14(11)17)16(19(2)3)13-7-4-5-9-15(13)18/h4-10,16H,1-3H3. The van der Waals surface area contributed by atoms with Gasteiger partial charge in [0, 0.05) is 10.0 Å². The van der Waals surface area contributed by atoms with Gasteiger partial charge in [-0.2, -0.15) is 0 Å². The Hall–Kier alpha value is -1.02. The van der Waals surface area contributed by atoms with Crippen molar-refractivity contribution in [3.8, 4) is 0 Å². The maximum atomic E-state index is 6.35. The van der Waals surface area contributed by atoms with Crippen molar-refractivity contribution in [1.82, 2.24) is 4.90 Å². The van der Waals surface area contributed by atoms with Crippen LogP contribution in [0.15, 0.2) is 42.5 Å². The van der Waals surface area contributed by atoms with E-state index in [1.165, 1.54) is 5.56 Å². The first-order chi connectivity index (χ1) is 9.02. The van der Waals surface area contributed by atoms with Gasteiger partial charge in [0.05, 0.1) is 6.04 Å². The van der Waals surface area contributed by atoms with Crippen LogP contribution in [-0.4, -0.2) is 19.0 Å². The predicted molar refractivity (Wildman–Crippen MR) is 83.2 cm³/mol. The number of hydrogen-bond acceptors (Lipinski definition) is 1. The van der Waals surface area contributed by atoms with Crippen molar-refractivity contribution in [3.63, 3.8) is 0 Å². The average Bonchev–Trinajstić information content (AvgIpc) is 2.37. The molecule has 0 saturated carbocycles. The van der Waals surface area contributed by atoms with E-state index in [2.05, 4.69) is 17.0 Å². The molecule has 0 fully saturated rings. The van der Waals surface area contributed by atoms with Gasteiger partial charge >= 0.3 is 0 Å². The number of rotatable bonds is 3. The molecule has 0 N–H and O–H groups in total. The Morgan fingerprint density at radius 3 is 2.05 bits per heavy atom. The molecule has 0 radical (unpaired) electrons. The summed E-state index contributed by atoms with van der Waals surface area (Å²) >= 11 is 12.6. The van der Waals surface area contributed by atoms with Gasteiger partial charge in [-0.05, 0) is 49.8 Å². The Morgan fingerprint density at radius 2 is 1.42 bits per heavy atom. The molecule has 100 valence electrons. The Labute approximate surface area is 124 Å². The fourth-order valence-electron chi connectivity index (χ4n) is 2.34. The van der Waals surface area contributed by atoms with Gasteiger partial charge in [-0.15, -0.1) is 0 Å². The minimum atomic E-state index is 0.104. The number of benzene rings is 2. The van der Waals surface area contributed by atoms with Crippen LogP contribution < -0.4 is 0 Å². The zero-order valence-electron chi connectivity index (χ0n) is 11.3. The first kappa shape index (κ1) is 14.4. The van der Waals surface area contributed by atoms with E-state index in [-0.39, 0.29) is 6.04 Å². The van der Waals surface area contributed by atoms with Gasteiger partial charge in [0.25, 0.3) is 0 Å². The van der Waals surface area contributed by atoms with Crippen LogP contribution in [0.2, 0.25) is 10.0 Å². The smallest absolute Gasteiger partial charge is 0.0614 e. The van der Waals surface area contributed by atoms with E-state index >= 15 is 0 Å². The first-order valence-electron chi connectivity index (χ1n) is 6.18. The molecule has 0 aliphatic heterocycles. The summed E-state index contributed by atoms with van der Waals surface area (Å²) in [7, 11) is 4.10. The summed E-state index contributed by atoms with van der Waals surface area (Å²) < 4.78 is 0. The topological polar surface area (TPSA) is 3.24 Å². The lowest BCUT2D eigenvalue weighted by molar-refractivity contribution is 0.341. The van der Waals surface area contributed by atoms with Crippen molar-refractivity contribution >= 4 is 23.2 Å². The van der Waals surface area contributed by atoms with Gasteiger partial charge in [-0.25, -0.2) is 0 Å². The molecule has 0 aliphatic carbocycles. The maximum Gasteiger partial charge on any atom is 0.0614 e. The molecule has 0 aliphatic rings. The van der Waals surface area contributed by atoms with Gasteiger partial charge in [-0.1, -0.05) is 53.5 Å². The fourth-order valence-corrected chi connectivity index (χ4v) is 2.76. The third kappa shape index (κ3) is 2.94. The summed E-state index contributed by atoms with van der Waals surface area (Å²) in [6.07, 6.45) is 0. The molecule has 0 bridgehead atoms. The van der Waals surface area contributed by atoms with Gasteiger partial charge in [0.2, 0.25) is 0 Å². The molecule has 19 heavy (non-hydrogen) atoms. The van der Waals surface area contributed by atoms with Gasteiger partial charge in [0.15, 0.2) is 0 Å². The van der Waals surface area contributed by atoms with Crippen molar-refractivity contribution in [2.45, 2.75) is 13.0 Å². The van der Waals surface area contributed by atoms with E-state index in [4.69, 9.17) is 23.2 Å². The molecule has 0 spiro atoms. The van der Waals surface area contributed by atoms with Crippen molar-refractivity contribution < 1.29 is 0 Å². The van der Waals surface area contributed by atoms with Crippen LogP contribution in [0, 0.1) is 6.92 Å². The summed E-state index contributed by atoms with van der Waals surface area (Å²) in [5.41, 5.74) is 3.38. The number of halogens is 2.